The second-order valence-electron chi connectivity index (χ2n) is 4.69. The van der Waals surface area contributed by atoms with Crippen molar-refractivity contribution in [1.29, 1.82) is 0 Å². The average Bonchev–Trinajstić information content (AvgIpc) is 2.81. The Labute approximate surface area is 100 Å². The second-order valence-corrected chi connectivity index (χ2v) is 4.69. The summed E-state index contributed by atoms with van der Waals surface area (Å²) in [6.07, 6.45) is 6.09. The van der Waals surface area contributed by atoms with Gasteiger partial charge in [0, 0.05) is 6.54 Å². The van der Waals surface area contributed by atoms with Crippen LogP contribution < -0.4 is 11.1 Å². The Kier molecular flexibility index (Phi) is 3.82. The molecule has 17 heavy (non-hydrogen) atoms. The van der Waals surface area contributed by atoms with Crippen molar-refractivity contribution in [3.05, 3.63) is 23.8 Å². The molecule has 0 heterocycles. The van der Waals surface area contributed by atoms with Crippen molar-refractivity contribution in [2.45, 2.75) is 32.1 Å². The van der Waals surface area contributed by atoms with Gasteiger partial charge in [-0.15, -0.1) is 0 Å². The van der Waals surface area contributed by atoms with Gasteiger partial charge in [-0.1, -0.05) is 25.7 Å². The van der Waals surface area contributed by atoms with Gasteiger partial charge in [-0.2, -0.15) is 0 Å². The zero-order chi connectivity index (χ0) is 12.3. The smallest absolute Gasteiger partial charge is 0.183 e. The zero-order valence-electron chi connectivity index (χ0n) is 9.81. The molecule has 1 aliphatic rings. The lowest BCUT2D eigenvalue weighted by molar-refractivity contribution is 0.504. The molecule has 1 saturated carbocycles. The van der Waals surface area contributed by atoms with Gasteiger partial charge in [0.05, 0.1) is 11.4 Å². The molecule has 94 valence electrons. The second kappa shape index (κ2) is 5.34. The molecule has 0 unspecified atom stereocenters. The van der Waals surface area contributed by atoms with Crippen molar-refractivity contribution in [2.24, 2.45) is 5.92 Å². The first kappa shape index (κ1) is 12.1. The number of hydrogen-bond donors (Lipinski definition) is 2. The molecule has 2 rings (SSSR count). The molecule has 0 aromatic heterocycles. The molecule has 1 aromatic rings. The molecule has 0 aliphatic heterocycles. The monoisotopic (exact) mass is 240 g/mol. The summed E-state index contributed by atoms with van der Waals surface area (Å²) >= 11 is 0. The summed E-state index contributed by atoms with van der Waals surface area (Å²) < 4.78 is 26.5. The van der Waals surface area contributed by atoms with Crippen molar-refractivity contribution < 1.29 is 8.78 Å². The van der Waals surface area contributed by atoms with Gasteiger partial charge in [-0.3, -0.25) is 0 Å². The minimum absolute atomic E-state index is 0.1000. The van der Waals surface area contributed by atoms with Crippen molar-refractivity contribution >= 4 is 11.4 Å². The summed E-state index contributed by atoms with van der Waals surface area (Å²) in [7, 11) is 0. The van der Waals surface area contributed by atoms with E-state index in [1.54, 1.807) is 0 Å². The third kappa shape index (κ3) is 2.87. The fraction of sp³-hybridized carbons (Fsp3) is 0.538. The van der Waals surface area contributed by atoms with Crippen molar-refractivity contribution in [1.82, 2.24) is 0 Å². The summed E-state index contributed by atoms with van der Waals surface area (Å²) in [5, 5.41) is 2.91. The molecular formula is C13H18F2N2. The van der Waals surface area contributed by atoms with E-state index >= 15 is 0 Å². The first-order chi connectivity index (χ1) is 8.18. The minimum Gasteiger partial charge on any atom is -0.397 e. The Morgan fingerprint density at radius 1 is 1.24 bits per heavy atom. The number of hydrogen-bond acceptors (Lipinski definition) is 2. The molecule has 1 fully saturated rings. The maximum Gasteiger partial charge on any atom is 0.183 e. The molecule has 0 amide bonds. The van der Waals surface area contributed by atoms with E-state index in [0.717, 1.165) is 18.4 Å². The Balaban J connectivity index is 1.91. The van der Waals surface area contributed by atoms with E-state index in [2.05, 4.69) is 5.32 Å². The molecular weight excluding hydrogens is 222 g/mol. The van der Waals surface area contributed by atoms with Crippen LogP contribution in [0, 0.1) is 17.6 Å². The standard InChI is InChI=1S/C13H18F2N2/c14-10-5-6-11(16)13(12(10)15)17-8-7-9-3-1-2-4-9/h5-6,9,17H,1-4,7-8,16H2. The van der Waals surface area contributed by atoms with E-state index in [-0.39, 0.29) is 11.4 Å². The van der Waals surface area contributed by atoms with E-state index in [1.165, 1.54) is 31.7 Å². The normalized spacial score (nSPS) is 16.4. The number of rotatable bonds is 4. The number of halogens is 2. The maximum atomic E-state index is 13.4. The van der Waals surface area contributed by atoms with Crippen LogP contribution in [0.1, 0.15) is 32.1 Å². The lowest BCUT2D eigenvalue weighted by atomic mass is 10.0. The topological polar surface area (TPSA) is 38.0 Å². The SMILES string of the molecule is Nc1ccc(F)c(F)c1NCCC1CCCC1. The number of nitrogens with one attached hydrogen (secondary N) is 1. The summed E-state index contributed by atoms with van der Waals surface area (Å²) in [5.74, 6) is -1.01. The lowest BCUT2D eigenvalue weighted by Gasteiger charge is -2.13. The van der Waals surface area contributed by atoms with Crippen LogP contribution in [0.5, 0.6) is 0 Å². The largest absolute Gasteiger partial charge is 0.397 e. The summed E-state index contributed by atoms with van der Waals surface area (Å²) in [6, 6.07) is 2.43. The van der Waals surface area contributed by atoms with Gasteiger partial charge in [0.2, 0.25) is 0 Å². The van der Waals surface area contributed by atoms with Gasteiger partial charge < -0.3 is 11.1 Å². The number of nitrogen functional groups attached to an aromatic ring is 1. The highest BCUT2D eigenvalue weighted by molar-refractivity contribution is 5.66. The Morgan fingerprint density at radius 2 is 1.94 bits per heavy atom. The van der Waals surface area contributed by atoms with E-state index < -0.39 is 11.6 Å². The number of benzene rings is 1. The summed E-state index contributed by atoms with van der Waals surface area (Å²) in [5.41, 5.74) is 5.97. The molecule has 0 saturated heterocycles. The van der Waals surface area contributed by atoms with Crippen molar-refractivity contribution in [2.75, 3.05) is 17.6 Å². The average molecular weight is 240 g/mol. The van der Waals surface area contributed by atoms with Crippen LogP contribution in [0.4, 0.5) is 20.2 Å². The first-order valence-corrected chi connectivity index (χ1v) is 6.16. The molecule has 2 nitrogen and oxygen atoms in total. The molecule has 4 heteroatoms. The predicted octanol–water partition coefficient (Wildman–Crippen LogP) is 3.54. The van der Waals surface area contributed by atoms with E-state index in [1.807, 2.05) is 0 Å². The van der Waals surface area contributed by atoms with E-state index in [0.29, 0.717) is 6.54 Å². The van der Waals surface area contributed by atoms with Gasteiger partial charge in [0.1, 0.15) is 0 Å². The molecule has 0 bridgehead atoms. The van der Waals surface area contributed by atoms with Crippen LogP contribution in [0.3, 0.4) is 0 Å². The van der Waals surface area contributed by atoms with Crippen LogP contribution in [0.25, 0.3) is 0 Å². The van der Waals surface area contributed by atoms with E-state index in [9.17, 15) is 8.78 Å². The molecule has 1 aromatic carbocycles. The fourth-order valence-electron chi connectivity index (χ4n) is 2.45. The Bertz CT molecular complexity index is 387. The molecule has 0 radical (unpaired) electrons. The van der Waals surface area contributed by atoms with Crippen LogP contribution in [-0.4, -0.2) is 6.54 Å². The van der Waals surface area contributed by atoms with Gasteiger partial charge in [-0.05, 0) is 24.5 Å². The molecule has 1 aliphatic carbocycles. The lowest BCUT2D eigenvalue weighted by Crippen LogP contribution is -2.10. The Morgan fingerprint density at radius 3 is 2.65 bits per heavy atom. The van der Waals surface area contributed by atoms with Gasteiger partial charge in [-0.25, -0.2) is 8.78 Å². The third-order valence-electron chi connectivity index (χ3n) is 3.46. The summed E-state index contributed by atoms with van der Waals surface area (Å²) in [6.45, 7) is 0.648. The molecule has 3 N–H and O–H groups in total. The highest BCUT2D eigenvalue weighted by Gasteiger charge is 2.15. The zero-order valence-corrected chi connectivity index (χ0v) is 9.81. The van der Waals surface area contributed by atoms with Gasteiger partial charge in [0.15, 0.2) is 11.6 Å². The van der Waals surface area contributed by atoms with Crippen molar-refractivity contribution in [3.63, 3.8) is 0 Å². The van der Waals surface area contributed by atoms with Crippen LogP contribution in [0.2, 0.25) is 0 Å². The van der Waals surface area contributed by atoms with E-state index in [4.69, 9.17) is 5.73 Å². The van der Waals surface area contributed by atoms with Crippen LogP contribution in [0.15, 0.2) is 12.1 Å². The van der Waals surface area contributed by atoms with Gasteiger partial charge >= 0.3 is 0 Å². The highest BCUT2D eigenvalue weighted by atomic mass is 19.2. The third-order valence-corrected chi connectivity index (χ3v) is 3.46. The quantitative estimate of drug-likeness (QED) is 0.790. The minimum atomic E-state index is -0.878. The Hall–Kier alpha value is -1.32. The maximum absolute atomic E-state index is 13.4. The van der Waals surface area contributed by atoms with Gasteiger partial charge in [0.25, 0.3) is 0 Å². The van der Waals surface area contributed by atoms with Crippen LogP contribution >= 0.6 is 0 Å². The summed E-state index contributed by atoms with van der Waals surface area (Å²) in [4.78, 5) is 0. The number of anilines is 2. The number of nitrogens with two attached hydrogens (primary N) is 1. The molecule has 0 spiro atoms. The predicted molar refractivity (Wildman–Crippen MR) is 65.8 cm³/mol. The highest BCUT2D eigenvalue weighted by Crippen LogP contribution is 2.28. The van der Waals surface area contributed by atoms with Crippen LogP contribution in [-0.2, 0) is 0 Å². The first-order valence-electron chi connectivity index (χ1n) is 6.16. The van der Waals surface area contributed by atoms with Crippen molar-refractivity contribution in [3.8, 4) is 0 Å². The molecule has 0 atom stereocenters. The fourth-order valence-corrected chi connectivity index (χ4v) is 2.45.